The van der Waals surface area contributed by atoms with Gasteiger partial charge in [-0.05, 0) is 38.3 Å². The third kappa shape index (κ3) is 2.86. The molecule has 1 amide bonds. The minimum atomic E-state index is 0.0913. The van der Waals surface area contributed by atoms with E-state index in [0.29, 0.717) is 11.3 Å². The molecular weight excluding hydrogens is 300 g/mol. The molecule has 4 nitrogen and oxygen atoms in total. The van der Waals surface area contributed by atoms with Gasteiger partial charge in [-0.1, -0.05) is 30.3 Å². The molecular formula is C20H24N2O2. The monoisotopic (exact) mass is 324 g/mol. The summed E-state index contributed by atoms with van der Waals surface area (Å²) in [6, 6.07) is 13.1. The van der Waals surface area contributed by atoms with E-state index in [9.17, 15) is 4.79 Å². The first-order chi connectivity index (χ1) is 11.6. The van der Waals surface area contributed by atoms with Crippen LogP contribution in [0.3, 0.4) is 0 Å². The van der Waals surface area contributed by atoms with E-state index in [-0.39, 0.29) is 11.9 Å². The Balaban J connectivity index is 1.64. The lowest BCUT2D eigenvalue weighted by Gasteiger charge is -2.42. The molecule has 1 atom stereocenters. The van der Waals surface area contributed by atoms with Crippen LogP contribution in [-0.2, 0) is 0 Å². The summed E-state index contributed by atoms with van der Waals surface area (Å²) in [7, 11) is 0. The first-order valence-corrected chi connectivity index (χ1v) is 8.80. The second kappa shape index (κ2) is 6.10. The molecule has 1 unspecified atom stereocenters. The van der Waals surface area contributed by atoms with Crippen molar-refractivity contribution in [2.45, 2.75) is 38.8 Å². The van der Waals surface area contributed by atoms with Gasteiger partial charge in [-0.2, -0.15) is 0 Å². The molecule has 1 aromatic carbocycles. The Labute approximate surface area is 143 Å². The van der Waals surface area contributed by atoms with Gasteiger partial charge in [0, 0.05) is 25.7 Å². The number of nitrogens with zero attached hydrogens (tertiary/aromatic N) is 2. The molecule has 126 valence electrons. The van der Waals surface area contributed by atoms with Crippen LogP contribution in [0.25, 0.3) is 0 Å². The standard InChI is InChI=1S/C20H24N2O2/c1-14-12-18(15(2)24-14)20(23)22-11-10-21(17-8-9-17)13-19(22)16-6-4-3-5-7-16/h3-7,12,17,19H,8-11,13H2,1-2H3. The summed E-state index contributed by atoms with van der Waals surface area (Å²) >= 11 is 0. The Bertz CT molecular complexity index is 733. The van der Waals surface area contributed by atoms with Crippen molar-refractivity contribution >= 4 is 5.91 Å². The van der Waals surface area contributed by atoms with Crippen LogP contribution in [0.4, 0.5) is 0 Å². The molecule has 2 fully saturated rings. The van der Waals surface area contributed by atoms with Crippen LogP contribution in [0.2, 0.25) is 0 Å². The van der Waals surface area contributed by atoms with Gasteiger partial charge >= 0.3 is 0 Å². The minimum absolute atomic E-state index is 0.0913. The molecule has 4 heteroatoms. The van der Waals surface area contributed by atoms with Crippen LogP contribution >= 0.6 is 0 Å². The maximum atomic E-state index is 13.2. The van der Waals surface area contributed by atoms with Crippen LogP contribution < -0.4 is 0 Å². The van der Waals surface area contributed by atoms with Crippen LogP contribution in [0.5, 0.6) is 0 Å². The molecule has 2 aromatic rings. The summed E-state index contributed by atoms with van der Waals surface area (Å²) in [6.45, 7) is 6.44. The van der Waals surface area contributed by atoms with E-state index in [2.05, 4.69) is 29.2 Å². The maximum absolute atomic E-state index is 13.2. The molecule has 1 aliphatic carbocycles. The molecule has 4 rings (SSSR count). The highest BCUT2D eigenvalue weighted by Gasteiger charge is 2.38. The molecule has 0 radical (unpaired) electrons. The molecule has 2 aliphatic rings. The number of carbonyl (C=O) groups excluding carboxylic acids is 1. The van der Waals surface area contributed by atoms with Gasteiger partial charge in [-0.15, -0.1) is 0 Å². The number of furan rings is 1. The Kier molecular flexibility index (Phi) is 3.93. The average molecular weight is 324 g/mol. The normalized spacial score (nSPS) is 21.9. The number of hydrogen-bond acceptors (Lipinski definition) is 3. The summed E-state index contributed by atoms with van der Waals surface area (Å²) in [6.07, 6.45) is 2.60. The zero-order valence-corrected chi connectivity index (χ0v) is 14.4. The Morgan fingerprint density at radius 2 is 1.88 bits per heavy atom. The van der Waals surface area contributed by atoms with Crippen molar-refractivity contribution in [3.63, 3.8) is 0 Å². The van der Waals surface area contributed by atoms with Gasteiger partial charge in [-0.25, -0.2) is 0 Å². The van der Waals surface area contributed by atoms with Gasteiger partial charge in [0.2, 0.25) is 0 Å². The highest BCUT2D eigenvalue weighted by molar-refractivity contribution is 5.95. The lowest BCUT2D eigenvalue weighted by atomic mass is 10.0. The van der Waals surface area contributed by atoms with Crippen LogP contribution in [0.1, 0.15) is 46.3 Å². The fourth-order valence-electron chi connectivity index (χ4n) is 3.78. The lowest BCUT2D eigenvalue weighted by Crippen LogP contribution is -2.51. The van der Waals surface area contributed by atoms with Gasteiger partial charge in [0.05, 0.1) is 11.6 Å². The van der Waals surface area contributed by atoms with Crippen molar-refractivity contribution in [1.29, 1.82) is 0 Å². The molecule has 0 bridgehead atoms. The van der Waals surface area contributed by atoms with Crippen LogP contribution in [0, 0.1) is 13.8 Å². The number of piperazine rings is 1. The van der Waals surface area contributed by atoms with Crippen molar-refractivity contribution in [3.8, 4) is 0 Å². The molecule has 1 aromatic heterocycles. The zero-order valence-electron chi connectivity index (χ0n) is 14.4. The van der Waals surface area contributed by atoms with E-state index in [4.69, 9.17) is 4.42 Å². The molecule has 1 aliphatic heterocycles. The predicted molar refractivity (Wildman–Crippen MR) is 93.0 cm³/mol. The van der Waals surface area contributed by atoms with E-state index in [1.165, 1.54) is 18.4 Å². The van der Waals surface area contributed by atoms with E-state index in [0.717, 1.165) is 31.4 Å². The number of aryl methyl sites for hydroxylation is 2. The number of rotatable bonds is 3. The first kappa shape index (κ1) is 15.5. The Hall–Kier alpha value is -2.07. The van der Waals surface area contributed by atoms with Gasteiger partial charge in [0.15, 0.2) is 0 Å². The minimum Gasteiger partial charge on any atom is -0.466 e. The molecule has 0 N–H and O–H groups in total. The summed E-state index contributed by atoms with van der Waals surface area (Å²) < 4.78 is 5.58. The predicted octanol–water partition coefficient (Wildman–Crippen LogP) is 3.56. The maximum Gasteiger partial charge on any atom is 0.258 e. The highest BCUT2D eigenvalue weighted by Crippen LogP contribution is 2.34. The molecule has 1 saturated carbocycles. The lowest BCUT2D eigenvalue weighted by molar-refractivity contribution is 0.0431. The Morgan fingerprint density at radius 3 is 2.50 bits per heavy atom. The average Bonchev–Trinajstić information content (AvgIpc) is 3.39. The van der Waals surface area contributed by atoms with E-state index >= 15 is 0 Å². The van der Waals surface area contributed by atoms with E-state index in [1.807, 2.05) is 30.9 Å². The fourth-order valence-corrected chi connectivity index (χ4v) is 3.78. The first-order valence-electron chi connectivity index (χ1n) is 8.80. The van der Waals surface area contributed by atoms with Crippen LogP contribution in [0.15, 0.2) is 40.8 Å². The van der Waals surface area contributed by atoms with Crippen molar-refractivity contribution in [2.24, 2.45) is 0 Å². The summed E-state index contributed by atoms with van der Waals surface area (Å²) in [5.41, 5.74) is 1.92. The molecule has 24 heavy (non-hydrogen) atoms. The smallest absolute Gasteiger partial charge is 0.258 e. The van der Waals surface area contributed by atoms with Gasteiger partial charge in [0.1, 0.15) is 11.5 Å². The summed E-state index contributed by atoms with van der Waals surface area (Å²) in [5.74, 6) is 1.60. The van der Waals surface area contributed by atoms with Crippen molar-refractivity contribution < 1.29 is 9.21 Å². The van der Waals surface area contributed by atoms with E-state index in [1.54, 1.807) is 0 Å². The SMILES string of the molecule is Cc1cc(C(=O)N2CCN(C3CC3)CC2c2ccccc2)c(C)o1. The fraction of sp³-hybridized carbons (Fsp3) is 0.450. The van der Waals surface area contributed by atoms with Crippen molar-refractivity contribution in [1.82, 2.24) is 9.80 Å². The molecule has 1 saturated heterocycles. The third-order valence-electron chi connectivity index (χ3n) is 5.19. The third-order valence-corrected chi connectivity index (χ3v) is 5.19. The highest BCUT2D eigenvalue weighted by atomic mass is 16.3. The number of benzene rings is 1. The van der Waals surface area contributed by atoms with Gasteiger partial charge < -0.3 is 9.32 Å². The Morgan fingerprint density at radius 1 is 1.12 bits per heavy atom. The largest absolute Gasteiger partial charge is 0.466 e. The van der Waals surface area contributed by atoms with Crippen LogP contribution in [-0.4, -0.2) is 41.4 Å². The van der Waals surface area contributed by atoms with Crippen molar-refractivity contribution in [2.75, 3.05) is 19.6 Å². The topological polar surface area (TPSA) is 36.7 Å². The number of amides is 1. The van der Waals surface area contributed by atoms with E-state index < -0.39 is 0 Å². The summed E-state index contributed by atoms with van der Waals surface area (Å²) in [5, 5.41) is 0. The van der Waals surface area contributed by atoms with Gasteiger partial charge in [-0.3, -0.25) is 9.69 Å². The quantitative estimate of drug-likeness (QED) is 0.866. The molecule has 0 spiro atoms. The van der Waals surface area contributed by atoms with Gasteiger partial charge in [0.25, 0.3) is 5.91 Å². The zero-order chi connectivity index (χ0) is 16.7. The second-order valence-electron chi connectivity index (χ2n) is 6.98. The summed E-state index contributed by atoms with van der Waals surface area (Å²) in [4.78, 5) is 17.7. The second-order valence-corrected chi connectivity index (χ2v) is 6.98. The van der Waals surface area contributed by atoms with Crippen molar-refractivity contribution in [3.05, 3.63) is 59.0 Å². The molecule has 2 heterocycles. The number of carbonyl (C=O) groups is 1. The number of hydrogen-bond donors (Lipinski definition) is 0.